The van der Waals surface area contributed by atoms with Gasteiger partial charge in [-0.25, -0.2) is 0 Å². The van der Waals surface area contributed by atoms with Gasteiger partial charge >= 0.3 is 0 Å². The number of unbranched alkanes of at least 4 members (excludes halogenated alkanes) is 3. The van der Waals surface area contributed by atoms with Crippen LogP contribution in [0, 0.1) is 12.3 Å². The van der Waals surface area contributed by atoms with E-state index in [0.717, 1.165) is 13.0 Å². The van der Waals surface area contributed by atoms with E-state index in [1.54, 1.807) is 0 Å². The number of rotatable bonds is 7. The van der Waals surface area contributed by atoms with Gasteiger partial charge in [0.2, 0.25) is 0 Å². The molecule has 0 rings (SSSR count). The third kappa shape index (κ3) is 7.62. The lowest BCUT2D eigenvalue weighted by Crippen LogP contribution is -2.38. The van der Waals surface area contributed by atoms with Crippen molar-refractivity contribution < 1.29 is 0 Å². The van der Waals surface area contributed by atoms with E-state index >= 15 is 0 Å². The second-order valence-corrected chi connectivity index (χ2v) is 3.83. The summed E-state index contributed by atoms with van der Waals surface area (Å²) in [6.07, 6.45) is 12.1. The Morgan fingerprint density at radius 1 is 1.38 bits per heavy atom. The topological polar surface area (TPSA) is 12.0 Å². The Morgan fingerprint density at radius 3 is 2.62 bits per heavy atom. The van der Waals surface area contributed by atoms with Gasteiger partial charge in [0.25, 0.3) is 0 Å². The van der Waals surface area contributed by atoms with Crippen LogP contribution >= 0.6 is 0 Å². The van der Waals surface area contributed by atoms with Crippen molar-refractivity contribution >= 4 is 0 Å². The van der Waals surface area contributed by atoms with Gasteiger partial charge in [-0.15, -0.1) is 13.0 Å². The molecule has 0 saturated heterocycles. The zero-order valence-corrected chi connectivity index (χ0v) is 8.90. The molecule has 1 nitrogen and oxygen atoms in total. The van der Waals surface area contributed by atoms with Crippen LogP contribution in [0.15, 0.2) is 12.7 Å². The van der Waals surface area contributed by atoms with E-state index in [-0.39, 0.29) is 5.54 Å². The van der Waals surface area contributed by atoms with Gasteiger partial charge in [0.15, 0.2) is 0 Å². The SMILES string of the molecule is C#CC(C)(C)NCCCCCC=C. The lowest BCUT2D eigenvalue weighted by atomic mass is 10.1. The molecule has 13 heavy (non-hydrogen) atoms. The maximum atomic E-state index is 5.34. The van der Waals surface area contributed by atoms with Gasteiger partial charge in [-0.2, -0.15) is 0 Å². The Bertz CT molecular complexity index is 174. The number of allylic oxidation sites excluding steroid dienone is 1. The zero-order chi connectivity index (χ0) is 10.2. The Kier molecular flexibility index (Phi) is 6.36. The normalized spacial score (nSPS) is 10.8. The molecule has 0 heterocycles. The highest BCUT2D eigenvalue weighted by Gasteiger charge is 2.10. The van der Waals surface area contributed by atoms with E-state index in [9.17, 15) is 0 Å². The molecule has 1 N–H and O–H groups in total. The van der Waals surface area contributed by atoms with Gasteiger partial charge < -0.3 is 5.32 Å². The van der Waals surface area contributed by atoms with Crippen molar-refractivity contribution in [1.29, 1.82) is 0 Å². The van der Waals surface area contributed by atoms with Crippen molar-refractivity contribution in [3.63, 3.8) is 0 Å². The first-order valence-corrected chi connectivity index (χ1v) is 4.96. The van der Waals surface area contributed by atoms with Gasteiger partial charge in [-0.1, -0.05) is 18.4 Å². The molecule has 0 amide bonds. The minimum atomic E-state index is -0.154. The monoisotopic (exact) mass is 179 g/mol. The van der Waals surface area contributed by atoms with E-state index in [4.69, 9.17) is 6.42 Å². The minimum Gasteiger partial charge on any atom is -0.302 e. The fourth-order valence-electron chi connectivity index (χ4n) is 1.04. The van der Waals surface area contributed by atoms with Gasteiger partial charge in [-0.3, -0.25) is 0 Å². The highest BCUT2D eigenvalue weighted by atomic mass is 14.9. The molecule has 74 valence electrons. The Balaban J connectivity index is 3.27. The van der Waals surface area contributed by atoms with E-state index in [1.807, 2.05) is 19.9 Å². The van der Waals surface area contributed by atoms with Crippen molar-refractivity contribution in [2.24, 2.45) is 0 Å². The smallest absolute Gasteiger partial charge is 0.0741 e. The molecule has 0 bridgehead atoms. The Morgan fingerprint density at radius 2 is 2.08 bits per heavy atom. The molecule has 0 aliphatic heterocycles. The van der Waals surface area contributed by atoms with Gasteiger partial charge in [0.1, 0.15) is 0 Å². The number of hydrogen-bond acceptors (Lipinski definition) is 1. The van der Waals surface area contributed by atoms with E-state index < -0.39 is 0 Å². The molecule has 0 fully saturated rings. The lowest BCUT2D eigenvalue weighted by Gasteiger charge is -2.19. The van der Waals surface area contributed by atoms with E-state index in [2.05, 4.69) is 17.8 Å². The summed E-state index contributed by atoms with van der Waals surface area (Å²) >= 11 is 0. The molecule has 0 aliphatic rings. The average Bonchev–Trinajstić information content (AvgIpc) is 2.11. The number of nitrogens with one attached hydrogen (secondary N) is 1. The summed E-state index contributed by atoms with van der Waals surface area (Å²) in [5, 5.41) is 3.32. The van der Waals surface area contributed by atoms with Crippen molar-refractivity contribution in [3.05, 3.63) is 12.7 Å². The van der Waals surface area contributed by atoms with Crippen molar-refractivity contribution in [2.45, 2.75) is 45.1 Å². The molecule has 1 heteroatoms. The van der Waals surface area contributed by atoms with Crippen LogP contribution in [0.1, 0.15) is 39.5 Å². The summed E-state index contributed by atoms with van der Waals surface area (Å²) in [6, 6.07) is 0. The second-order valence-electron chi connectivity index (χ2n) is 3.83. The molecule has 0 aromatic carbocycles. The van der Waals surface area contributed by atoms with Crippen LogP contribution in [0.25, 0.3) is 0 Å². The average molecular weight is 179 g/mol. The van der Waals surface area contributed by atoms with E-state index in [0.29, 0.717) is 0 Å². The largest absolute Gasteiger partial charge is 0.302 e. The molecule has 0 atom stereocenters. The van der Waals surface area contributed by atoms with Gasteiger partial charge in [0, 0.05) is 0 Å². The maximum absolute atomic E-state index is 5.34. The first-order chi connectivity index (χ1) is 6.12. The standard InChI is InChI=1S/C12H21N/c1-5-7-8-9-10-11-13-12(3,4)6-2/h2,5,13H,1,7-11H2,3-4H3. The number of hydrogen-bond donors (Lipinski definition) is 1. The van der Waals surface area contributed by atoms with Gasteiger partial charge in [-0.05, 0) is 39.7 Å². The van der Waals surface area contributed by atoms with Crippen LogP contribution in [-0.4, -0.2) is 12.1 Å². The molecule has 0 aromatic heterocycles. The summed E-state index contributed by atoms with van der Waals surface area (Å²) in [4.78, 5) is 0. The van der Waals surface area contributed by atoms with Crippen molar-refractivity contribution in [3.8, 4) is 12.3 Å². The first-order valence-electron chi connectivity index (χ1n) is 4.96. The minimum absolute atomic E-state index is 0.154. The predicted molar refractivity (Wildman–Crippen MR) is 59.6 cm³/mol. The molecular weight excluding hydrogens is 158 g/mol. The summed E-state index contributed by atoms with van der Waals surface area (Å²) in [5.74, 6) is 2.72. The van der Waals surface area contributed by atoms with Gasteiger partial charge in [0.05, 0.1) is 5.54 Å². The Hall–Kier alpha value is -0.740. The molecule has 0 aliphatic carbocycles. The highest BCUT2D eigenvalue weighted by Crippen LogP contribution is 2.02. The van der Waals surface area contributed by atoms with Crippen LogP contribution in [-0.2, 0) is 0 Å². The number of terminal acetylenes is 1. The highest BCUT2D eigenvalue weighted by molar-refractivity contribution is 5.07. The summed E-state index contributed by atoms with van der Waals surface area (Å²) in [6.45, 7) is 8.75. The summed E-state index contributed by atoms with van der Waals surface area (Å²) < 4.78 is 0. The molecular formula is C12H21N. The first kappa shape index (κ1) is 12.3. The zero-order valence-electron chi connectivity index (χ0n) is 8.90. The van der Waals surface area contributed by atoms with Crippen molar-refractivity contribution in [1.82, 2.24) is 5.32 Å². The van der Waals surface area contributed by atoms with Crippen LogP contribution in [0.4, 0.5) is 0 Å². The molecule has 0 spiro atoms. The summed E-state index contributed by atoms with van der Waals surface area (Å²) in [7, 11) is 0. The Labute approximate surface area is 82.6 Å². The predicted octanol–water partition coefficient (Wildman–Crippen LogP) is 2.73. The van der Waals surface area contributed by atoms with Crippen LogP contribution in [0.3, 0.4) is 0 Å². The van der Waals surface area contributed by atoms with Crippen LogP contribution in [0.5, 0.6) is 0 Å². The fraction of sp³-hybridized carbons (Fsp3) is 0.667. The van der Waals surface area contributed by atoms with E-state index in [1.165, 1.54) is 19.3 Å². The molecule has 0 saturated carbocycles. The third-order valence-electron chi connectivity index (χ3n) is 2.01. The van der Waals surface area contributed by atoms with Crippen LogP contribution < -0.4 is 5.32 Å². The van der Waals surface area contributed by atoms with Crippen molar-refractivity contribution in [2.75, 3.05) is 6.54 Å². The quantitative estimate of drug-likeness (QED) is 0.360. The lowest BCUT2D eigenvalue weighted by molar-refractivity contribution is 0.475. The second kappa shape index (κ2) is 6.74. The van der Waals surface area contributed by atoms with Crippen LogP contribution in [0.2, 0.25) is 0 Å². The fourth-order valence-corrected chi connectivity index (χ4v) is 1.04. The molecule has 0 aromatic rings. The summed E-state index contributed by atoms with van der Waals surface area (Å²) in [5.41, 5.74) is -0.154. The molecule has 0 unspecified atom stereocenters. The molecule has 0 radical (unpaired) electrons. The third-order valence-corrected chi connectivity index (χ3v) is 2.01. The maximum Gasteiger partial charge on any atom is 0.0741 e.